The van der Waals surface area contributed by atoms with E-state index in [1.54, 1.807) is 10.9 Å². The Hall–Kier alpha value is -4.29. The van der Waals surface area contributed by atoms with Gasteiger partial charge in [0.15, 0.2) is 11.3 Å². The number of aromatic nitrogens is 6. The number of ether oxygens (including phenoxy) is 1. The maximum Gasteiger partial charge on any atom is 0.259 e. The molecule has 1 atom stereocenters. The van der Waals surface area contributed by atoms with Gasteiger partial charge in [0.2, 0.25) is 5.65 Å². The van der Waals surface area contributed by atoms with Crippen molar-refractivity contribution in [3.05, 3.63) is 66.5 Å². The molecule has 0 aliphatic carbocycles. The van der Waals surface area contributed by atoms with Gasteiger partial charge in [0.05, 0.1) is 30.8 Å². The molecular weight excluding hydrogens is 452 g/mol. The lowest BCUT2D eigenvalue weighted by molar-refractivity contribution is 0.148. The van der Waals surface area contributed by atoms with E-state index in [4.69, 9.17) is 16.3 Å². The largest absolute Gasteiger partial charge is 0.475 e. The monoisotopic (exact) mass is 478 g/mol. The third kappa shape index (κ3) is 3.95. The van der Waals surface area contributed by atoms with E-state index in [9.17, 15) is 0 Å². The molecule has 0 unspecified atom stereocenters. The molecule has 9 nitrogen and oxygen atoms in total. The van der Waals surface area contributed by atoms with Crippen LogP contribution >= 0.6 is 0 Å². The fourth-order valence-corrected chi connectivity index (χ4v) is 5.01. The van der Waals surface area contributed by atoms with Gasteiger partial charge in [-0.2, -0.15) is 5.10 Å². The number of fused-ring (bicyclic) bond motifs is 2. The average molecular weight is 479 g/mol. The van der Waals surface area contributed by atoms with Gasteiger partial charge in [-0.15, -0.1) is 0 Å². The first-order chi connectivity index (χ1) is 17.6. The maximum atomic E-state index is 7.32. The van der Waals surface area contributed by atoms with Crippen molar-refractivity contribution in [3.63, 3.8) is 0 Å². The molecule has 0 spiro atoms. The summed E-state index contributed by atoms with van der Waals surface area (Å²) in [6.07, 6.45) is 9.68. The Kier molecular flexibility index (Phi) is 5.58. The molecule has 1 fully saturated rings. The van der Waals surface area contributed by atoms with Crippen LogP contribution < -0.4 is 4.74 Å². The van der Waals surface area contributed by atoms with E-state index in [2.05, 4.69) is 37.9 Å². The number of pyridine rings is 1. The van der Waals surface area contributed by atoms with Crippen LogP contribution in [0.25, 0.3) is 44.0 Å². The van der Waals surface area contributed by atoms with Gasteiger partial charge in [-0.05, 0) is 38.1 Å². The lowest BCUT2D eigenvalue weighted by Crippen LogP contribution is -2.34. The molecule has 1 aliphatic heterocycles. The molecule has 1 aromatic carbocycles. The van der Waals surface area contributed by atoms with Crippen molar-refractivity contribution in [1.82, 2.24) is 34.0 Å². The number of imidazole rings is 1. The van der Waals surface area contributed by atoms with Gasteiger partial charge < -0.3 is 9.64 Å². The molecule has 180 valence electrons. The highest BCUT2D eigenvalue weighted by atomic mass is 16.5. The molecule has 9 heteroatoms. The highest BCUT2D eigenvalue weighted by molar-refractivity contribution is 5.86. The predicted molar refractivity (Wildman–Crippen MR) is 138 cm³/mol. The Bertz CT molecular complexity index is 1590. The summed E-state index contributed by atoms with van der Waals surface area (Å²) < 4.78 is 10.1. The second kappa shape index (κ2) is 9.06. The van der Waals surface area contributed by atoms with E-state index in [-0.39, 0.29) is 0 Å². The van der Waals surface area contributed by atoms with E-state index in [0.29, 0.717) is 29.7 Å². The van der Waals surface area contributed by atoms with Crippen molar-refractivity contribution in [2.75, 3.05) is 26.7 Å². The van der Waals surface area contributed by atoms with Gasteiger partial charge in [0.1, 0.15) is 0 Å². The van der Waals surface area contributed by atoms with Crippen LogP contribution in [0.3, 0.4) is 0 Å². The summed E-state index contributed by atoms with van der Waals surface area (Å²) >= 11 is 0. The minimum Gasteiger partial charge on any atom is -0.475 e. The Labute approximate surface area is 208 Å². The van der Waals surface area contributed by atoms with Crippen molar-refractivity contribution in [1.29, 1.82) is 0 Å². The summed E-state index contributed by atoms with van der Waals surface area (Å²) in [7, 11) is 4.04. The van der Waals surface area contributed by atoms with Crippen LogP contribution in [0.1, 0.15) is 12.8 Å². The molecular formula is C27H26N8O. The average Bonchev–Trinajstić information content (AvgIpc) is 3.54. The zero-order valence-corrected chi connectivity index (χ0v) is 20.3. The topological polar surface area (TPSA) is 77.7 Å². The van der Waals surface area contributed by atoms with Gasteiger partial charge in [-0.1, -0.05) is 24.3 Å². The lowest BCUT2D eigenvalue weighted by Gasteiger charge is -2.29. The van der Waals surface area contributed by atoms with Crippen molar-refractivity contribution in [2.45, 2.75) is 12.8 Å². The SMILES string of the molecule is [C-]#[N+]c1ccc(-c2nc(OC[C@@H]3CCCN(C)C3)c3nccn3c2-c2cnc3c(cnn3C)c2)cc1. The van der Waals surface area contributed by atoms with Crippen molar-refractivity contribution in [2.24, 2.45) is 13.0 Å². The smallest absolute Gasteiger partial charge is 0.259 e. The normalized spacial score (nSPS) is 16.4. The number of hydrogen-bond acceptors (Lipinski definition) is 6. The first-order valence-electron chi connectivity index (χ1n) is 12.0. The van der Waals surface area contributed by atoms with Crippen LogP contribution in [0.4, 0.5) is 5.69 Å². The van der Waals surface area contributed by atoms with Crippen LogP contribution in [0.5, 0.6) is 5.88 Å². The molecule has 0 amide bonds. The molecule has 1 aliphatic rings. The summed E-state index contributed by atoms with van der Waals surface area (Å²) in [6, 6.07) is 9.55. The van der Waals surface area contributed by atoms with Gasteiger partial charge in [-0.3, -0.25) is 9.08 Å². The van der Waals surface area contributed by atoms with E-state index < -0.39 is 0 Å². The van der Waals surface area contributed by atoms with Crippen LogP contribution in [-0.4, -0.2) is 60.8 Å². The van der Waals surface area contributed by atoms with Crippen LogP contribution in [0.2, 0.25) is 0 Å². The Balaban J connectivity index is 1.49. The molecule has 0 bridgehead atoms. The minimum absolute atomic E-state index is 0.457. The summed E-state index contributed by atoms with van der Waals surface area (Å²) in [5, 5.41) is 5.28. The maximum absolute atomic E-state index is 7.32. The van der Waals surface area contributed by atoms with Gasteiger partial charge in [0, 0.05) is 49.1 Å². The predicted octanol–water partition coefficient (Wildman–Crippen LogP) is 4.62. The second-order valence-electron chi connectivity index (χ2n) is 9.38. The number of benzene rings is 1. The standard InChI is InChI=1S/C27H26N8O/c1-28-22-8-6-19(7-9-22)23-24(20-13-21-15-31-34(3)25(21)30-14-20)35-12-10-29-26(35)27(32-23)36-17-18-5-4-11-33(2)16-18/h6-10,12-15,18H,4-5,11,16-17H2,2-3H3/t18-/m1/s1. The quantitative estimate of drug-likeness (QED) is 0.343. The van der Waals surface area contributed by atoms with Gasteiger partial charge >= 0.3 is 0 Å². The number of piperidine rings is 1. The summed E-state index contributed by atoms with van der Waals surface area (Å²) in [4.78, 5) is 20.2. The number of rotatable bonds is 5. The first-order valence-corrected chi connectivity index (χ1v) is 12.0. The molecule has 4 aromatic heterocycles. The van der Waals surface area contributed by atoms with Crippen molar-refractivity contribution < 1.29 is 4.74 Å². The molecule has 1 saturated heterocycles. The van der Waals surface area contributed by atoms with Crippen LogP contribution in [0.15, 0.2) is 55.1 Å². The zero-order valence-electron chi connectivity index (χ0n) is 20.3. The third-order valence-corrected chi connectivity index (χ3v) is 6.80. The van der Waals surface area contributed by atoms with Crippen molar-refractivity contribution >= 4 is 22.4 Å². The van der Waals surface area contributed by atoms with E-state index in [1.165, 1.54) is 6.42 Å². The molecule has 36 heavy (non-hydrogen) atoms. The molecule has 0 N–H and O–H groups in total. The summed E-state index contributed by atoms with van der Waals surface area (Å²) in [6.45, 7) is 10.1. The molecule has 0 radical (unpaired) electrons. The summed E-state index contributed by atoms with van der Waals surface area (Å²) in [5.41, 5.74) is 5.47. The lowest BCUT2D eigenvalue weighted by atomic mass is 10.00. The fraction of sp³-hybridized carbons (Fsp3) is 0.296. The molecule has 0 saturated carbocycles. The first kappa shape index (κ1) is 22.2. The second-order valence-corrected chi connectivity index (χ2v) is 9.38. The van der Waals surface area contributed by atoms with E-state index >= 15 is 0 Å². The number of aryl methyl sites for hydroxylation is 1. The van der Waals surface area contributed by atoms with E-state index in [1.807, 2.05) is 54.3 Å². The highest BCUT2D eigenvalue weighted by Crippen LogP contribution is 2.36. The van der Waals surface area contributed by atoms with Gasteiger partial charge in [-0.25, -0.2) is 19.8 Å². The molecule has 5 heterocycles. The zero-order chi connectivity index (χ0) is 24.6. The van der Waals surface area contributed by atoms with Crippen LogP contribution in [-0.2, 0) is 7.05 Å². The number of likely N-dealkylation sites (tertiary alicyclic amines) is 1. The summed E-state index contributed by atoms with van der Waals surface area (Å²) in [5.74, 6) is 0.968. The Morgan fingerprint density at radius 2 is 1.94 bits per heavy atom. The Morgan fingerprint density at radius 3 is 2.75 bits per heavy atom. The minimum atomic E-state index is 0.457. The van der Waals surface area contributed by atoms with Crippen molar-refractivity contribution in [3.8, 4) is 28.4 Å². The van der Waals surface area contributed by atoms with Crippen LogP contribution in [0, 0.1) is 12.5 Å². The fourth-order valence-electron chi connectivity index (χ4n) is 5.01. The molecule has 5 aromatic rings. The third-order valence-electron chi connectivity index (χ3n) is 6.80. The highest BCUT2D eigenvalue weighted by Gasteiger charge is 2.22. The molecule has 6 rings (SSSR count). The number of hydrogen-bond donors (Lipinski definition) is 0. The van der Waals surface area contributed by atoms with E-state index in [0.717, 1.165) is 53.1 Å². The van der Waals surface area contributed by atoms with Gasteiger partial charge in [0.25, 0.3) is 5.88 Å². The Morgan fingerprint density at radius 1 is 1.08 bits per heavy atom. The number of nitrogens with zero attached hydrogens (tertiary/aromatic N) is 8.